The van der Waals surface area contributed by atoms with Gasteiger partial charge >= 0.3 is 0 Å². The Balaban J connectivity index is 2.15. The van der Waals surface area contributed by atoms with Gasteiger partial charge in [0.15, 0.2) is 0 Å². The van der Waals surface area contributed by atoms with Crippen molar-refractivity contribution in [1.82, 2.24) is 9.97 Å². The summed E-state index contributed by atoms with van der Waals surface area (Å²) >= 11 is 0. The predicted molar refractivity (Wildman–Crippen MR) is 72.9 cm³/mol. The van der Waals surface area contributed by atoms with E-state index in [1.807, 2.05) is 6.92 Å². The van der Waals surface area contributed by atoms with Crippen molar-refractivity contribution < 1.29 is 18.3 Å². The van der Waals surface area contributed by atoms with Crippen LogP contribution in [0, 0.1) is 0 Å². The van der Waals surface area contributed by atoms with Gasteiger partial charge in [0.05, 0.1) is 25.1 Å². The monoisotopic (exact) mass is 297 g/mol. The maximum atomic E-state index is 12.1. The number of anilines is 1. The van der Waals surface area contributed by atoms with Gasteiger partial charge in [-0.2, -0.15) is 0 Å². The molecular weight excluding hydrogens is 282 g/mol. The van der Waals surface area contributed by atoms with Gasteiger partial charge in [-0.1, -0.05) is 0 Å². The minimum atomic E-state index is -3.70. The molecule has 0 atom stereocenters. The molecule has 0 unspecified atom stereocenters. The standard InChI is InChI=1S/C12H15N3O4S/c1-2-19-12-4-3-9(6-14-12)15-20(17,18)11-5-10(8-16)13-7-11/h3-7,13,15-16H,2,8H2,1H3. The Morgan fingerprint density at radius 3 is 2.80 bits per heavy atom. The number of H-pyrrole nitrogens is 1. The summed E-state index contributed by atoms with van der Waals surface area (Å²) in [7, 11) is -3.70. The normalized spacial score (nSPS) is 11.3. The van der Waals surface area contributed by atoms with Crippen LogP contribution in [0.25, 0.3) is 0 Å². The topological polar surface area (TPSA) is 104 Å². The van der Waals surface area contributed by atoms with Gasteiger partial charge in [-0.25, -0.2) is 13.4 Å². The summed E-state index contributed by atoms with van der Waals surface area (Å²) in [5.41, 5.74) is 0.760. The number of rotatable bonds is 6. The molecular formula is C12H15N3O4S. The van der Waals surface area contributed by atoms with E-state index < -0.39 is 10.0 Å². The van der Waals surface area contributed by atoms with E-state index in [4.69, 9.17) is 9.84 Å². The molecule has 2 aromatic rings. The number of nitrogens with one attached hydrogen (secondary N) is 2. The van der Waals surface area contributed by atoms with E-state index in [0.29, 0.717) is 23.9 Å². The molecule has 0 bridgehead atoms. The van der Waals surface area contributed by atoms with Gasteiger partial charge in [0.25, 0.3) is 10.0 Å². The molecule has 0 aliphatic heterocycles. The Morgan fingerprint density at radius 1 is 1.45 bits per heavy atom. The second kappa shape index (κ2) is 5.93. The largest absolute Gasteiger partial charge is 0.478 e. The quantitative estimate of drug-likeness (QED) is 0.740. The fourth-order valence-electron chi connectivity index (χ4n) is 1.55. The Kier molecular flexibility index (Phi) is 4.26. The molecule has 0 saturated heterocycles. The average Bonchev–Trinajstić information content (AvgIpc) is 2.91. The lowest BCUT2D eigenvalue weighted by molar-refractivity contribution is 0.277. The smallest absolute Gasteiger partial charge is 0.263 e. The first-order valence-corrected chi connectivity index (χ1v) is 7.43. The van der Waals surface area contributed by atoms with Crippen molar-refractivity contribution in [3.05, 3.63) is 36.3 Å². The summed E-state index contributed by atoms with van der Waals surface area (Å²) in [5, 5.41) is 8.92. The Labute approximate surface area is 116 Å². The minimum absolute atomic E-state index is 0.0513. The van der Waals surface area contributed by atoms with Crippen LogP contribution in [0.15, 0.2) is 35.5 Å². The van der Waals surface area contributed by atoms with Gasteiger partial charge in [0.1, 0.15) is 4.90 Å². The molecule has 0 aromatic carbocycles. The third kappa shape index (κ3) is 3.28. The zero-order chi connectivity index (χ0) is 14.6. The molecule has 0 fully saturated rings. The zero-order valence-electron chi connectivity index (χ0n) is 10.8. The number of aliphatic hydroxyl groups excluding tert-OH is 1. The number of pyridine rings is 1. The lowest BCUT2D eigenvalue weighted by atomic mass is 10.4. The van der Waals surface area contributed by atoms with Crippen molar-refractivity contribution in [2.75, 3.05) is 11.3 Å². The minimum Gasteiger partial charge on any atom is -0.478 e. The number of sulfonamides is 1. The molecule has 0 radical (unpaired) electrons. The third-order valence-electron chi connectivity index (χ3n) is 2.48. The van der Waals surface area contributed by atoms with Crippen LogP contribution >= 0.6 is 0 Å². The highest BCUT2D eigenvalue weighted by atomic mass is 32.2. The lowest BCUT2D eigenvalue weighted by Gasteiger charge is -2.07. The molecule has 0 spiro atoms. The van der Waals surface area contributed by atoms with E-state index in [1.54, 1.807) is 12.1 Å². The van der Waals surface area contributed by atoms with Crippen molar-refractivity contribution in [1.29, 1.82) is 0 Å². The summed E-state index contributed by atoms with van der Waals surface area (Å²) in [6, 6.07) is 4.51. The zero-order valence-corrected chi connectivity index (χ0v) is 11.6. The SMILES string of the molecule is CCOc1ccc(NS(=O)(=O)c2c[nH]c(CO)c2)cn1. The number of nitrogens with zero attached hydrogens (tertiary/aromatic N) is 1. The molecule has 0 amide bonds. The van der Waals surface area contributed by atoms with E-state index in [0.717, 1.165) is 0 Å². The van der Waals surface area contributed by atoms with E-state index in [-0.39, 0.29) is 11.5 Å². The summed E-state index contributed by atoms with van der Waals surface area (Å²) in [5.74, 6) is 0.430. The maximum Gasteiger partial charge on any atom is 0.263 e. The second-order valence-corrected chi connectivity index (χ2v) is 5.62. The van der Waals surface area contributed by atoms with Crippen LogP contribution in [0.2, 0.25) is 0 Å². The van der Waals surface area contributed by atoms with E-state index in [9.17, 15) is 8.42 Å². The first-order valence-electron chi connectivity index (χ1n) is 5.95. The number of hydrogen-bond acceptors (Lipinski definition) is 5. The van der Waals surface area contributed by atoms with Gasteiger partial charge in [0.2, 0.25) is 5.88 Å². The van der Waals surface area contributed by atoms with Crippen LogP contribution in [-0.4, -0.2) is 30.1 Å². The van der Waals surface area contributed by atoms with Crippen LogP contribution < -0.4 is 9.46 Å². The Bertz CT molecular complexity index is 664. The average molecular weight is 297 g/mol. The van der Waals surface area contributed by atoms with E-state index in [1.165, 1.54) is 18.5 Å². The van der Waals surface area contributed by atoms with Crippen molar-refractivity contribution in [3.8, 4) is 5.88 Å². The highest BCUT2D eigenvalue weighted by molar-refractivity contribution is 7.92. The molecule has 108 valence electrons. The summed E-state index contributed by atoms with van der Waals surface area (Å²) in [4.78, 5) is 6.69. The molecule has 0 aliphatic carbocycles. The number of aromatic nitrogens is 2. The van der Waals surface area contributed by atoms with Crippen molar-refractivity contribution >= 4 is 15.7 Å². The summed E-state index contributed by atoms with van der Waals surface area (Å²) < 4.78 is 31.7. The first-order chi connectivity index (χ1) is 9.55. The molecule has 2 aromatic heterocycles. The molecule has 3 N–H and O–H groups in total. The third-order valence-corrected chi connectivity index (χ3v) is 3.84. The lowest BCUT2D eigenvalue weighted by Crippen LogP contribution is -2.12. The highest BCUT2D eigenvalue weighted by Gasteiger charge is 2.16. The fourth-order valence-corrected chi connectivity index (χ4v) is 2.61. The maximum absolute atomic E-state index is 12.1. The van der Waals surface area contributed by atoms with Crippen LogP contribution in [0.5, 0.6) is 5.88 Å². The van der Waals surface area contributed by atoms with Gasteiger partial charge < -0.3 is 14.8 Å². The summed E-state index contributed by atoms with van der Waals surface area (Å²) in [6.07, 6.45) is 2.69. The molecule has 8 heteroatoms. The van der Waals surface area contributed by atoms with E-state index in [2.05, 4.69) is 14.7 Å². The van der Waals surface area contributed by atoms with Crippen LogP contribution in [-0.2, 0) is 16.6 Å². The highest BCUT2D eigenvalue weighted by Crippen LogP contribution is 2.18. The number of hydrogen-bond donors (Lipinski definition) is 3. The van der Waals surface area contributed by atoms with Gasteiger partial charge in [-0.15, -0.1) is 0 Å². The first kappa shape index (κ1) is 14.4. The van der Waals surface area contributed by atoms with Crippen molar-refractivity contribution in [2.24, 2.45) is 0 Å². The van der Waals surface area contributed by atoms with Crippen molar-refractivity contribution in [3.63, 3.8) is 0 Å². The second-order valence-electron chi connectivity index (χ2n) is 3.94. The predicted octanol–water partition coefficient (Wildman–Crippen LogP) is 1.10. The molecule has 20 heavy (non-hydrogen) atoms. The molecule has 2 rings (SSSR count). The van der Waals surface area contributed by atoms with Crippen LogP contribution in [0.1, 0.15) is 12.6 Å². The van der Waals surface area contributed by atoms with E-state index >= 15 is 0 Å². The molecule has 0 aliphatic rings. The molecule has 2 heterocycles. The molecule has 7 nitrogen and oxygen atoms in total. The van der Waals surface area contributed by atoms with Crippen molar-refractivity contribution in [2.45, 2.75) is 18.4 Å². The van der Waals surface area contributed by atoms with Crippen LogP contribution in [0.3, 0.4) is 0 Å². The fraction of sp³-hybridized carbons (Fsp3) is 0.250. The van der Waals surface area contributed by atoms with Gasteiger partial charge in [0, 0.05) is 18.0 Å². The van der Waals surface area contributed by atoms with Gasteiger partial charge in [-0.05, 0) is 19.1 Å². The number of aliphatic hydroxyl groups is 1. The van der Waals surface area contributed by atoms with Crippen LogP contribution in [0.4, 0.5) is 5.69 Å². The molecule has 0 saturated carbocycles. The summed E-state index contributed by atoms with van der Waals surface area (Å²) in [6.45, 7) is 2.08. The Hall–Kier alpha value is -2.06. The number of ether oxygens (including phenoxy) is 1. The van der Waals surface area contributed by atoms with Gasteiger partial charge in [-0.3, -0.25) is 4.72 Å². The number of aromatic amines is 1. The Morgan fingerprint density at radius 2 is 2.25 bits per heavy atom.